The van der Waals surface area contributed by atoms with Gasteiger partial charge in [-0.2, -0.15) is 0 Å². The van der Waals surface area contributed by atoms with Crippen molar-refractivity contribution in [3.05, 3.63) is 52.3 Å². The monoisotopic (exact) mass is 436 g/mol. The van der Waals surface area contributed by atoms with E-state index in [1.807, 2.05) is 24.3 Å². The van der Waals surface area contributed by atoms with Crippen LogP contribution < -0.4 is 20.1 Å². The van der Waals surface area contributed by atoms with Gasteiger partial charge < -0.3 is 20.1 Å². The summed E-state index contributed by atoms with van der Waals surface area (Å²) in [7, 11) is 1.63. The van der Waals surface area contributed by atoms with Crippen LogP contribution in [0.2, 0.25) is 0 Å². The van der Waals surface area contributed by atoms with Crippen LogP contribution in [0.5, 0.6) is 11.5 Å². The van der Waals surface area contributed by atoms with Gasteiger partial charge in [-0.15, -0.1) is 0 Å². The van der Waals surface area contributed by atoms with E-state index in [0.29, 0.717) is 24.9 Å². The molecule has 2 aromatic rings. The van der Waals surface area contributed by atoms with Crippen LogP contribution in [-0.4, -0.2) is 26.3 Å². The summed E-state index contributed by atoms with van der Waals surface area (Å²) < 4.78 is 26.2. The molecule has 1 atom stereocenters. The van der Waals surface area contributed by atoms with Gasteiger partial charge in [-0.05, 0) is 71.6 Å². The van der Waals surface area contributed by atoms with Crippen LogP contribution in [0.4, 0.5) is 10.1 Å². The number of halogens is 2. The first-order valence-electron chi connectivity index (χ1n) is 9.38. The van der Waals surface area contributed by atoms with Gasteiger partial charge >= 0.3 is 0 Å². The lowest BCUT2D eigenvalue weighted by molar-refractivity contribution is 0.259. The fraction of sp³-hybridized carbons (Fsp3) is 0.429. The van der Waals surface area contributed by atoms with Crippen molar-refractivity contribution in [3.63, 3.8) is 0 Å². The van der Waals surface area contributed by atoms with E-state index in [9.17, 15) is 4.39 Å². The van der Waals surface area contributed by atoms with Crippen molar-refractivity contribution in [2.45, 2.75) is 38.3 Å². The second-order valence-electron chi connectivity index (χ2n) is 6.75. The van der Waals surface area contributed by atoms with E-state index in [1.54, 1.807) is 13.2 Å². The highest BCUT2D eigenvalue weighted by Crippen LogP contribution is 2.28. The van der Waals surface area contributed by atoms with Crippen LogP contribution in [-0.2, 0) is 6.54 Å². The molecule has 2 N–H and O–H groups in total. The van der Waals surface area contributed by atoms with Crippen LogP contribution in [0.1, 0.15) is 31.2 Å². The Morgan fingerprint density at radius 3 is 2.85 bits per heavy atom. The average Bonchev–Trinajstić information content (AvgIpc) is 2.69. The Bertz CT molecular complexity index is 751. The van der Waals surface area contributed by atoms with Gasteiger partial charge in [0.2, 0.25) is 0 Å². The van der Waals surface area contributed by atoms with Crippen LogP contribution in [0, 0.1) is 5.82 Å². The van der Waals surface area contributed by atoms with E-state index < -0.39 is 0 Å². The van der Waals surface area contributed by atoms with Gasteiger partial charge in [-0.3, -0.25) is 0 Å². The number of hydrogen-bond donors (Lipinski definition) is 2. The summed E-state index contributed by atoms with van der Waals surface area (Å²) in [5, 5.41) is 6.77. The molecule has 1 aliphatic heterocycles. The van der Waals surface area contributed by atoms with Crippen LogP contribution in [0.15, 0.2) is 40.9 Å². The summed E-state index contributed by atoms with van der Waals surface area (Å²) in [5.74, 6) is 0.760. The summed E-state index contributed by atoms with van der Waals surface area (Å²) in [6.07, 6.45) is 4.59. The minimum Gasteiger partial charge on any atom is -0.497 e. The quantitative estimate of drug-likeness (QED) is 0.602. The molecule has 2 aromatic carbocycles. The van der Waals surface area contributed by atoms with Gasteiger partial charge in [0.05, 0.1) is 19.4 Å². The highest BCUT2D eigenvalue weighted by Gasteiger charge is 2.13. The molecule has 27 heavy (non-hydrogen) atoms. The van der Waals surface area contributed by atoms with Crippen molar-refractivity contribution in [3.8, 4) is 11.5 Å². The van der Waals surface area contributed by atoms with E-state index >= 15 is 0 Å². The van der Waals surface area contributed by atoms with Gasteiger partial charge in [-0.25, -0.2) is 4.39 Å². The molecule has 0 aromatic heterocycles. The normalized spacial score (nSPS) is 16.8. The summed E-state index contributed by atoms with van der Waals surface area (Å²) in [5.41, 5.74) is 1.75. The van der Waals surface area contributed by atoms with E-state index in [1.165, 1.54) is 25.3 Å². The van der Waals surface area contributed by atoms with E-state index in [-0.39, 0.29) is 5.82 Å². The molecule has 1 aliphatic rings. The fourth-order valence-corrected chi connectivity index (χ4v) is 3.60. The minimum absolute atomic E-state index is 0.317. The van der Waals surface area contributed by atoms with Gasteiger partial charge in [-0.1, -0.05) is 12.5 Å². The van der Waals surface area contributed by atoms with Crippen molar-refractivity contribution in [1.29, 1.82) is 0 Å². The second kappa shape index (κ2) is 9.95. The minimum atomic E-state index is -0.324. The van der Waals surface area contributed by atoms with E-state index in [2.05, 4.69) is 26.6 Å². The molecule has 0 aliphatic carbocycles. The Morgan fingerprint density at radius 1 is 1.22 bits per heavy atom. The lowest BCUT2D eigenvalue weighted by Gasteiger charge is -2.23. The number of anilines is 1. The smallest absolute Gasteiger partial charge is 0.165 e. The molecule has 0 spiro atoms. The number of nitrogens with one attached hydrogen (secondary N) is 2. The summed E-state index contributed by atoms with van der Waals surface area (Å²) in [6.45, 7) is 2.11. The molecule has 1 saturated heterocycles. The zero-order chi connectivity index (χ0) is 19.1. The van der Waals surface area contributed by atoms with Crippen molar-refractivity contribution >= 4 is 21.6 Å². The first-order chi connectivity index (χ1) is 13.2. The first-order valence-corrected chi connectivity index (χ1v) is 10.2. The lowest BCUT2D eigenvalue weighted by atomic mass is 10.0. The Morgan fingerprint density at radius 2 is 2.11 bits per heavy atom. The molecule has 6 heteroatoms. The molecular weight excluding hydrogens is 411 g/mol. The van der Waals surface area contributed by atoms with Crippen molar-refractivity contribution in [2.75, 3.05) is 25.6 Å². The first kappa shape index (κ1) is 20.0. The summed E-state index contributed by atoms with van der Waals surface area (Å²) >= 11 is 3.50. The molecule has 3 rings (SSSR count). The number of methoxy groups -OCH3 is 1. The summed E-state index contributed by atoms with van der Waals surface area (Å²) in [6, 6.07) is 11.3. The molecule has 0 amide bonds. The van der Waals surface area contributed by atoms with E-state index in [4.69, 9.17) is 9.47 Å². The Balaban J connectivity index is 1.51. The highest BCUT2D eigenvalue weighted by molar-refractivity contribution is 9.10. The molecule has 0 saturated carbocycles. The SMILES string of the molecule is COc1ccc(Br)c(NCc2ccc(OCCC3CCCCN3)c(F)c2)c1. The molecule has 1 unspecified atom stereocenters. The summed E-state index contributed by atoms with van der Waals surface area (Å²) in [4.78, 5) is 0. The molecule has 0 bridgehead atoms. The second-order valence-corrected chi connectivity index (χ2v) is 7.60. The van der Waals surface area contributed by atoms with Crippen LogP contribution in [0.25, 0.3) is 0 Å². The number of benzene rings is 2. The molecule has 0 radical (unpaired) electrons. The van der Waals surface area contributed by atoms with Crippen LogP contribution >= 0.6 is 15.9 Å². The molecule has 1 fully saturated rings. The Labute approximate surface area is 168 Å². The van der Waals surface area contributed by atoms with Crippen molar-refractivity contribution < 1.29 is 13.9 Å². The average molecular weight is 437 g/mol. The van der Waals surface area contributed by atoms with Crippen molar-refractivity contribution in [1.82, 2.24) is 5.32 Å². The maximum Gasteiger partial charge on any atom is 0.165 e. The standard InChI is InChI=1S/C21H26BrFN2O2/c1-26-17-6-7-18(22)20(13-17)25-14-15-5-8-21(19(23)12-15)27-11-9-16-4-2-3-10-24-16/h5-8,12-13,16,24-25H,2-4,9-11,14H2,1H3. The molecule has 1 heterocycles. The Hall–Kier alpha value is -1.79. The third kappa shape index (κ3) is 5.84. The van der Waals surface area contributed by atoms with Gasteiger partial charge in [0.25, 0.3) is 0 Å². The predicted octanol–water partition coefficient (Wildman–Crippen LogP) is 5.12. The molecular formula is C21H26BrFN2O2. The zero-order valence-electron chi connectivity index (χ0n) is 15.6. The highest BCUT2D eigenvalue weighted by atomic mass is 79.9. The fourth-order valence-electron chi connectivity index (χ4n) is 3.22. The van der Waals surface area contributed by atoms with Gasteiger partial charge in [0, 0.05) is 23.1 Å². The maximum atomic E-state index is 14.3. The zero-order valence-corrected chi connectivity index (χ0v) is 17.1. The van der Waals surface area contributed by atoms with E-state index in [0.717, 1.165) is 34.4 Å². The van der Waals surface area contributed by atoms with Gasteiger partial charge in [0.15, 0.2) is 11.6 Å². The number of ether oxygens (including phenoxy) is 2. The topological polar surface area (TPSA) is 42.5 Å². The molecule has 4 nitrogen and oxygen atoms in total. The van der Waals surface area contributed by atoms with Crippen LogP contribution in [0.3, 0.4) is 0 Å². The Kier molecular flexibility index (Phi) is 7.35. The number of rotatable bonds is 8. The number of hydrogen-bond acceptors (Lipinski definition) is 4. The lowest BCUT2D eigenvalue weighted by Crippen LogP contribution is -2.35. The third-order valence-electron chi connectivity index (χ3n) is 4.79. The van der Waals surface area contributed by atoms with Gasteiger partial charge in [0.1, 0.15) is 5.75 Å². The largest absolute Gasteiger partial charge is 0.497 e. The predicted molar refractivity (Wildman–Crippen MR) is 110 cm³/mol. The number of piperidine rings is 1. The maximum absolute atomic E-state index is 14.3. The van der Waals surface area contributed by atoms with Crippen molar-refractivity contribution in [2.24, 2.45) is 0 Å². The molecule has 146 valence electrons. The third-order valence-corrected chi connectivity index (χ3v) is 5.48.